The van der Waals surface area contributed by atoms with Gasteiger partial charge in [-0.1, -0.05) is 19.1 Å². The standard InChI is InChI=1S/C8H12N2O3S/c1-3-4-5(7(11)13-2)9-8(12)10-6(4)14/h4-5H,3H2,1-2H3,(H2,9,10,12,14)/t4-,5-/m0/s1. The Bertz CT molecular complexity index is 280. The zero-order chi connectivity index (χ0) is 10.7. The lowest BCUT2D eigenvalue weighted by Crippen LogP contribution is -2.60. The summed E-state index contributed by atoms with van der Waals surface area (Å²) >= 11 is 4.97. The Kier molecular flexibility index (Phi) is 3.40. The van der Waals surface area contributed by atoms with Gasteiger partial charge in [0.25, 0.3) is 0 Å². The van der Waals surface area contributed by atoms with Crippen molar-refractivity contribution in [2.24, 2.45) is 5.92 Å². The Morgan fingerprint density at radius 1 is 1.64 bits per heavy atom. The molecule has 0 aromatic carbocycles. The molecule has 1 rings (SSSR count). The van der Waals surface area contributed by atoms with Crippen LogP contribution < -0.4 is 10.6 Å². The van der Waals surface area contributed by atoms with Crippen molar-refractivity contribution < 1.29 is 14.3 Å². The molecule has 0 radical (unpaired) electrons. The van der Waals surface area contributed by atoms with Gasteiger partial charge in [-0.2, -0.15) is 0 Å². The third-order valence-electron chi connectivity index (χ3n) is 2.16. The number of thiocarbonyl (C=S) groups is 1. The largest absolute Gasteiger partial charge is 0.467 e. The van der Waals surface area contributed by atoms with Gasteiger partial charge in [-0.05, 0) is 6.42 Å². The van der Waals surface area contributed by atoms with E-state index in [1.54, 1.807) is 0 Å². The number of hydrogen-bond donors (Lipinski definition) is 2. The molecule has 2 amide bonds. The van der Waals surface area contributed by atoms with Crippen molar-refractivity contribution in [1.82, 2.24) is 10.6 Å². The summed E-state index contributed by atoms with van der Waals surface area (Å²) in [5.74, 6) is -0.649. The molecule has 1 heterocycles. The molecule has 1 saturated heterocycles. The molecule has 78 valence electrons. The number of carbonyl (C=O) groups is 2. The van der Waals surface area contributed by atoms with Gasteiger partial charge in [-0.3, -0.25) is 0 Å². The lowest BCUT2D eigenvalue weighted by atomic mass is 9.95. The smallest absolute Gasteiger partial charge is 0.329 e. The lowest BCUT2D eigenvalue weighted by molar-refractivity contribution is -0.143. The lowest BCUT2D eigenvalue weighted by Gasteiger charge is -2.30. The number of amides is 2. The van der Waals surface area contributed by atoms with E-state index in [1.165, 1.54) is 7.11 Å². The van der Waals surface area contributed by atoms with Gasteiger partial charge in [0.1, 0.15) is 6.04 Å². The minimum Gasteiger partial charge on any atom is -0.467 e. The van der Waals surface area contributed by atoms with E-state index >= 15 is 0 Å². The Morgan fingerprint density at radius 2 is 2.29 bits per heavy atom. The summed E-state index contributed by atoms with van der Waals surface area (Å²) in [6.07, 6.45) is 0.673. The van der Waals surface area contributed by atoms with E-state index in [9.17, 15) is 9.59 Å². The van der Waals surface area contributed by atoms with E-state index in [-0.39, 0.29) is 5.92 Å². The van der Waals surface area contributed by atoms with Gasteiger partial charge in [-0.25, -0.2) is 9.59 Å². The minimum atomic E-state index is -0.661. The van der Waals surface area contributed by atoms with Crippen LogP contribution in [0.1, 0.15) is 13.3 Å². The van der Waals surface area contributed by atoms with Gasteiger partial charge in [0.05, 0.1) is 12.1 Å². The first-order valence-corrected chi connectivity index (χ1v) is 4.70. The molecular weight excluding hydrogens is 204 g/mol. The molecule has 0 aromatic heterocycles. The van der Waals surface area contributed by atoms with E-state index in [4.69, 9.17) is 12.2 Å². The first-order chi connectivity index (χ1) is 6.60. The van der Waals surface area contributed by atoms with Crippen molar-refractivity contribution in [3.05, 3.63) is 0 Å². The zero-order valence-electron chi connectivity index (χ0n) is 7.99. The molecule has 1 fully saturated rings. The van der Waals surface area contributed by atoms with Crippen LogP contribution in [0, 0.1) is 5.92 Å². The van der Waals surface area contributed by atoms with Crippen molar-refractivity contribution in [3.63, 3.8) is 0 Å². The molecule has 14 heavy (non-hydrogen) atoms. The quantitative estimate of drug-likeness (QED) is 0.511. The van der Waals surface area contributed by atoms with Gasteiger partial charge in [0, 0.05) is 5.92 Å². The van der Waals surface area contributed by atoms with Crippen LogP contribution >= 0.6 is 12.2 Å². The maximum Gasteiger partial charge on any atom is 0.329 e. The average Bonchev–Trinajstić information content (AvgIpc) is 2.15. The number of urea groups is 1. The number of rotatable bonds is 2. The van der Waals surface area contributed by atoms with Crippen LogP contribution in [0.2, 0.25) is 0 Å². The molecule has 5 nitrogen and oxygen atoms in total. The van der Waals surface area contributed by atoms with Gasteiger partial charge < -0.3 is 15.4 Å². The SMILES string of the molecule is CC[C@@H]1C(=S)NC(=O)N[C@@H]1C(=O)OC. The number of methoxy groups -OCH3 is 1. The van der Waals surface area contributed by atoms with Crippen molar-refractivity contribution in [2.45, 2.75) is 19.4 Å². The maximum absolute atomic E-state index is 11.3. The summed E-state index contributed by atoms with van der Waals surface area (Å²) in [6, 6.07) is -1.11. The van der Waals surface area contributed by atoms with Crippen LogP contribution in [0.5, 0.6) is 0 Å². The predicted molar refractivity (Wildman–Crippen MR) is 53.9 cm³/mol. The second-order valence-corrected chi connectivity index (χ2v) is 3.42. The number of esters is 1. The molecule has 0 bridgehead atoms. The predicted octanol–water partition coefficient (Wildman–Crippen LogP) is 0.194. The van der Waals surface area contributed by atoms with Gasteiger partial charge in [0.15, 0.2) is 0 Å². The number of ether oxygens (including phenoxy) is 1. The molecule has 1 aliphatic heterocycles. The second kappa shape index (κ2) is 4.36. The van der Waals surface area contributed by atoms with Crippen molar-refractivity contribution in [3.8, 4) is 0 Å². The fourth-order valence-electron chi connectivity index (χ4n) is 1.41. The summed E-state index contributed by atoms with van der Waals surface area (Å²) in [6.45, 7) is 1.89. The van der Waals surface area contributed by atoms with Gasteiger partial charge in [-0.15, -0.1) is 0 Å². The van der Waals surface area contributed by atoms with Crippen LogP contribution in [0.3, 0.4) is 0 Å². The highest BCUT2D eigenvalue weighted by atomic mass is 32.1. The van der Waals surface area contributed by atoms with Crippen LogP contribution in [0.15, 0.2) is 0 Å². The summed E-state index contributed by atoms with van der Waals surface area (Å²) < 4.78 is 4.58. The summed E-state index contributed by atoms with van der Waals surface area (Å²) in [5.41, 5.74) is 0. The normalized spacial score (nSPS) is 26.4. The summed E-state index contributed by atoms with van der Waals surface area (Å²) in [4.78, 5) is 22.7. The zero-order valence-corrected chi connectivity index (χ0v) is 8.81. The number of hydrogen-bond acceptors (Lipinski definition) is 4. The number of carbonyl (C=O) groups excluding carboxylic acids is 2. The van der Waals surface area contributed by atoms with Gasteiger partial charge in [0.2, 0.25) is 0 Å². The third kappa shape index (κ3) is 2.01. The van der Waals surface area contributed by atoms with Crippen molar-refractivity contribution in [1.29, 1.82) is 0 Å². The Labute approximate surface area is 87.2 Å². The van der Waals surface area contributed by atoms with Crippen LogP contribution in [0.25, 0.3) is 0 Å². The molecule has 6 heteroatoms. The van der Waals surface area contributed by atoms with E-state index in [0.29, 0.717) is 11.4 Å². The van der Waals surface area contributed by atoms with Crippen LogP contribution in [0.4, 0.5) is 4.79 Å². The molecule has 1 aliphatic rings. The van der Waals surface area contributed by atoms with E-state index < -0.39 is 18.0 Å². The van der Waals surface area contributed by atoms with E-state index in [2.05, 4.69) is 15.4 Å². The summed E-state index contributed by atoms with van der Waals surface area (Å²) in [5, 5.41) is 4.95. The average molecular weight is 216 g/mol. The number of nitrogens with one attached hydrogen (secondary N) is 2. The molecule has 0 aliphatic carbocycles. The van der Waals surface area contributed by atoms with E-state index in [1.807, 2.05) is 6.92 Å². The van der Waals surface area contributed by atoms with Crippen LogP contribution in [-0.4, -0.2) is 30.1 Å². The Hall–Kier alpha value is -1.17. The topological polar surface area (TPSA) is 67.4 Å². The molecule has 2 atom stereocenters. The van der Waals surface area contributed by atoms with Gasteiger partial charge >= 0.3 is 12.0 Å². The first kappa shape index (κ1) is 10.9. The molecule has 0 unspecified atom stereocenters. The minimum absolute atomic E-state index is 0.185. The second-order valence-electron chi connectivity index (χ2n) is 2.98. The summed E-state index contributed by atoms with van der Waals surface area (Å²) in [7, 11) is 1.28. The van der Waals surface area contributed by atoms with Crippen molar-refractivity contribution in [2.75, 3.05) is 7.11 Å². The fraction of sp³-hybridized carbons (Fsp3) is 0.625. The monoisotopic (exact) mass is 216 g/mol. The molecule has 2 N–H and O–H groups in total. The Morgan fingerprint density at radius 3 is 2.79 bits per heavy atom. The highest BCUT2D eigenvalue weighted by Gasteiger charge is 2.36. The fourth-order valence-corrected chi connectivity index (χ4v) is 1.80. The first-order valence-electron chi connectivity index (χ1n) is 4.29. The van der Waals surface area contributed by atoms with Crippen molar-refractivity contribution >= 4 is 29.2 Å². The molecular formula is C8H12N2O3S. The molecule has 0 saturated carbocycles. The van der Waals surface area contributed by atoms with E-state index in [0.717, 1.165) is 0 Å². The third-order valence-corrected chi connectivity index (χ3v) is 2.56. The van der Waals surface area contributed by atoms with Crippen LogP contribution in [-0.2, 0) is 9.53 Å². The highest BCUT2D eigenvalue weighted by molar-refractivity contribution is 7.80. The molecule has 0 spiro atoms. The molecule has 0 aromatic rings. The highest BCUT2D eigenvalue weighted by Crippen LogP contribution is 2.15. The Balaban J connectivity index is 2.83. The maximum atomic E-state index is 11.3.